The number of hydrogen-bond donors (Lipinski definition) is 3. The van der Waals surface area contributed by atoms with Crippen LogP contribution < -0.4 is 15.5 Å². The lowest BCUT2D eigenvalue weighted by molar-refractivity contribution is 0.0170. The summed E-state index contributed by atoms with van der Waals surface area (Å²) in [5.74, 6) is -0.206. The van der Waals surface area contributed by atoms with Crippen LogP contribution in [0.15, 0.2) is 30.5 Å². The molecule has 0 saturated heterocycles. The monoisotopic (exact) mass is 418 g/mol. The third-order valence-electron chi connectivity index (χ3n) is 4.20. The molecule has 0 spiro atoms. The molecular weight excluding hydrogens is 391 g/mol. The number of nitrogens with one attached hydrogen (secondary N) is 2. The maximum Gasteiger partial charge on any atom is 0.279 e. The van der Waals surface area contributed by atoms with Gasteiger partial charge in [-0.25, -0.2) is 14.9 Å². The number of aliphatic hydroxyl groups excluding tert-OH is 1. The highest BCUT2D eigenvalue weighted by Crippen LogP contribution is 2.33. The number of methoxy groups -OCH3 is 1. The normalized spacial score (nSPS) is 10.4. The lowest BCUT2D eigenvalue weighted by atomic mass is 10.1. The number of hydroxylamine groups is 1. The Bertz CT molecular complexity index is 1020. The second-order valence-electron chi connectivity index (χ2n) is 6.14. The third kappa shape index (κ3) is 4.87. The minimum absolute atomic E-state index is 0.0621. The van der Waals surface area contributed by atoms with Crippen molar-refractivity contribution in [2.75, 3.05) is 25.6 Å². The summed E-state index contributed by atoms with van der Waals surface area (Å²) in [4.78, 5) is 22.0. The van der Waals surface area contributed by atoms with E-state index in [1.54, 1.807) is 36.7 Å². The van der Waals surface area contributed by atoms with Gasteiger partial charge >= 0.3 is 0 Å². The van der Waals surface area contributed by atoms with Crippen LogP contribution in [0.5, 0.6) is 5.75 Å². The van der Waals surface area contributed by atoms with Crippen molar-refractivity contribution in [3.63, 3.8) is 0 Å². The van der Waals surface area contributed by atoms with E-state index in [0.717, 1.165) is 5.56 Å². The number of aromatic nitrogens is 2. The molecular formula is C21H27FN4O4. The number of fused-ring (bicyclic) bond motifs is 1. The molecule has 3 rings (SSSR count). The van der Waals surface area contributed by atoms with E-state index in [1.165, 1.54) is 19.4 Å². The maximum atomic E-state index is 14.4. The van der Waals surface area contributed by atoms with E-state index < -0.39 is 11.7 Å². The number of hydrogen-bond acceptors (Lipinski definition) is 6. The first kappa shape index (κ1) is 23.1. The van der Waals surface area contributed by atoms with Crippen LogP contribution in [-0.4, -0.2) is 40.9 Å². The highest BCUT2D eigenvalue weighted by atomic mass is 19.1. The van der Waals surface area contributed by atoms with Crippen molar-refractivity contribution in [3.05, 3.63) is 47.4 Å². The molecule has 0 aliphatic rings. The molecule has 0 bridgehead atoms. The quantitative estimate of drug-likeness (QED) is 0.402. The summed E-state index contributed by atoms with van der Waals surface area (Å²) in [6.07, 6.45) is 1.53. The molecule has 8 nitrogen and oxygen atoms in total. The zero-order valence-electron chi connectivity index (χ0n) is 17.7. The van der Waals surface area contributed by atoms with Gasteiger partial charge in [0.2, 0.25) is 0 Å². The smallest absolute Gasteiger partial charge is 0.279 e. The molecule has 0 fully saturated rings. The van der Waals surface area contributed by atoms with Gasteiger partial charge in [0.1, 0.15) is 23.0 Å². The first-order chi connectivity index (χ1) is 14.5. The van der Waals surface area contributed by atoms with Crippen LogP contribution in [0.1, 0.15) is 29.8 Å². The number of halogens is 1. The number of carbonyl (C=O) groups excluding carboxylic acids is 1. The van der Waals surface area contributed by atoms with Gasteiger partial charge in [0, 0.05) is 12.4 Å². The molecule has 0 radical (unpaired) electrons. The summed E-state index contributed by atoms with van der Waals surface area (Å²) in [6.45, 7) is 5.48. The Balaban J connectivity index is 0.00000155. The largest absolute Gasteiger partial charge is 0.495 e. The van der Waals surface area contributed by atoms with E-state index in [9.17, 15) is 9.18 Å². The Labute approximate surface area is 174 Å². The number of anilines is 2. The van der Waals surface area contributed by atoms with E-state index in [4.69, 9.17) is 14.7 Å². The van der Waals surface area contributed by atoms with Crippen LogP contribution in [0.4, 0.5) is 15.9 Å². The number of benzene rings is 1. The summed E-state index contributed by atoms with van der Waals surface area (Å²) in [6, 6.07) is 6.43. The maximum absolute atomic E-state index is 14.4. The molecule has 9 heteroatoms. The number of rotatable bonds is 7. The van der Waals surface area contributed by atoms with E-state index in [0.29, 0.717) is 22.6 Å². The van der Waals surface area contributed by atoms with Crippen molar-refractivity contribution >= 4 is 28.4 Å². The Morgan fingerprint density at radius 1 is 1.30 bits per heavy atom. The second-order valence-corrected chi connectivity index (χ2v) is 6.14. The lowest BCUT2D eigenvalue weighted by Gasteiger charge is -2.12. The highest BCUT2D eigenvalue weighted by Gasteiger charge is 2.24. The Morgan fingerprint density at radius 2 is 2.03 bits per heavy atom. The Kier molecular flexibility index (Phi) is 8.14. The van der Waals surface area contributed by atoms with Gasteiger partial charge in [-0.3, -0.25) is 9.63 Å². The predicted molar refractivity (Wildman–Crippen MR) is 114 cm³/mol. The van der Waals surface area contributed by atoms with Crippen LogP contribution in [0.2, 0.25) is 0 Å². The van der Waals surface area contributed by atoms with Gasteiger partial charge in [-0.05, 0) is 30.7 Å². The van der Waals surface area contributed by atoms with Gasteiger partial charge in [-0.2, -0.15) is 0 Å². The average molecular weight is 418 g/mol. The third-order valence-corrected chi connectivity index (χ3v) is 4.20. The molecule has 0 saturated carbocycles. The number of ether oxygens (including phenoxy) is 1. The van der Waals surface area contributed by atoms with Gasteiger partial charge in [0.05, 0.1) is 37.8 Å². The van der Waals surface area contributed by atoms with E-state index in [2.05, 4.69) is 15.8 Å². The van der Waals surface area contributed by atoms with Gasteiger partial charge in [0.15, 0.2) is 0 Å². The molecule has 3 aromatic rings. The molecule has 0 aliphatic heterocycles. The van der Waals surface area contributed by atoms with Crippen LogP contribution in [0.25, 0.3) is 11.0 Å². The number of aliphatic hydroxyl groups is 1. The number of amides is 1. The molecule has 0 atom stereocenters. The van der Waals surface area contributed by atoms with Gasteiger partial charge in [0.25, 0.3) is 5.91 Å². The molecule has 1 aromatic carbocycles. The van der Waals surface area contributed by atoms with Gasteiger partial charge in [-0.15, -0.1) is 0 Å². The number of pyridine rings is 1. The number of aryl methyl sites for hydroxylation is 2. The SMILES string of the molecule is CC.COc1cnc2c(c1)c(C(=O)NOCCO)c(Nc1ccc(C)cc1F)n2C. The summed E-state index contributed by atoms with van der Waals surface area (Å²) in [7, 11) is 3.21. The number of carbonyl (C=O) groups is 1. The predicted octanol–water partition coefficient (Wildman–Crippen LogP) is 3.45. The first-order valence-electron chi connectivity index (χ1n) is 9.54. The Morgan fingerprint density at radius 3 is 2.67 bits per heavy atom. The van der Waals surface area contributed by atoms with Gasteiger partial charge < -0.3 is 19.7 Å². The zero-order chi connectivity index (χ0) is 22.3. The topological polar surface area (TPSA) is 97.6 Å². The summed E-state index contributed by atoms with van der Waals surface area (Å²) < 4.78 is 21.2. The molecule has 2 aromatic heterocycles. The molecule has 30 heavy (non-hydrogen) atoms. The minimum Gasteiger partial charge on any atom is -0.495 e. The fourth-order valence-corrected chi connectivity index (χ4v) is 2.84. The fraction of sp³-hybridized carbons (Fsp3) is 0.333. The average Bonchev–Trinajstić information content (AvgIpc) is 3.02. The van der Waals surface area contributed by atoms with Crippen molar-refractivity contribution in [3.8, 4) is 5.75 Å². The van der Waals surface area contributed by atoms with E-state index in [-0.39, 0.29) is 24.5 Å². The van der Waals surface area contributed by atoms with Crippen LogP contribution >= 0.6 is 0 Å². The van der Waals surface area contributed by atoms with Crippen molar-refractivity contribution in [1.29, 1.82) is 0 Å². The minimum atomic E-state index is -0.566. The van der Waals surface area contributed by atoms with E-state index >= 15 is 0 Å². The molecule has 0 aliphatic carbocycles. The van der Waals surface area contributed by atoms with Crippen LogP contribution in [0.3, 0.4) is 0 Å². The Hall–Kier alpha value is -3.17. The molecule has 3 N–H and O–H groups in total. The molecule has 162 valence electrons. The van der Waals surface area contributed by atoms with Crippen molar-refractivity contribution in [1.82, 2.24) is 15.0 Å². The molecule has 2 heterocycles. The zero-order valence-corrected chi connectivity index (χ0v) is 17.7. The summed E-state index contributed by atoms with van der Waals surface area (Å²) in [5, 5.41) is 12.3. The van der Waals surface area contributed by atoms with Crippen LogP contribution in [-0.2, 0) is 11.9 Å². The number of nitrogens with zero attached hydrogens (tertiary/aromatic N) is 2. The van der Waals surface area contributed by atoms with Crippen molar-refractivity contribution in [2.45, 2.75) is 20.8 Å². The standard InChI is InChI=1S/C19H21FN4O4.C2H6/c1-11-4-5-15(14(20)8-11)22-18-16(19(26)23-28-7-6-25)13-9-12(27-3)10-21-17(13)24(18)2;1-2/h4-5,8-10,22,25H,6-7H2,1-3H3,(H,23,26);1-2H3. The first-order valence-corrected chi connectivity index (χ1v) is 9.54. The van der Waals surface area contributed by atoms with E-state index in [1.807, 2.05) is 13.8 Å². The second kappa shape index (κ2) is 10.6. The summed E-state index contributed by atoms with van der Waals surface area (Å²) >= 11 is 0. The lowest BCUT2D eigenvalue weighted by Crippen LogP contribution is -2.25. The fourth-order valence-electron chi connectivity index (χ4n) is 2.84. The van der Waals surface area contributed by atoms with Crippen LogP contribution in [0, 0.1) is 12.7 Å². The van der Waals surface area contributed by atoms with Crippen molar-refractivity contribution < 1.29 is 23.9 Å². The molecule has 1 amide bonds. The van der Waals surface area contributed by atoms with Gasteiger partial charge in [-0.1, -0.05) is 19.9 Å². The summed E-state index contributed by atoms with van der Waals surface area (Å²) in [5.41, 5.74) is 3.99. The van der Waals surface area contributed by atoms with Crippen molar-refractivity contribution in [2.24, 2.45) is 7.05 Å². The molecule has 0 unspecified atom stereocenters. The highest BCUT2D eigenvalue weighted by molar-refractivity contribution is 6.11.